The van der Waals surface area contributed by atoms with Crippen LogP contribution in [-0.4, -0.2) is 64.5 Å². The van der Waals surface area contributed by atoms with E-state index in [0.717, 1.165) is 33.9 Å². The van der Waals surface area contributed by atoms with E-state index in [4.69, 9.17) is 23.7 Å². The molecule has 0 saturated carbocycles. The monoisotopic (exact) mass is 790 g/mol. The van der Waals surface area contributed by atoms with Crippen molar-refractivity contribution < 1.29 is 23.7 Å². The number of benzene rings is 6. The third-order valence-corrected chi connectivity index (χ3v) is 8.12. The maximum absolute atomic E-state index is 5.86. The quantitative estimate of drug-likeness (QED) is 0.0229. The van der Waals surface area contributed by atoms with Gasteiger partial charge in [-0.15, -0.1) is 20.5 Å². The number of hydrogen-bond acceptors (Lipinski definition) is 11. The van der Waals surface area contributed by atoms with Gasteiger partial charge in [0.25, 0.3) is 0 Å². The van der Waals surface area contributed by atoms with E-state index < -0.39 is 0 Å². The number of ether oxygens (including phenoxy) is 5. The smallest absolute Gasteiger partial charge is 0.201 e. The molecule has 6 rings (SSSR count). The molecular weight excluding hydrogens is 745 g/mol. The Morgan fingerprint density at radius 1 is 0.356 bits per heavy atom. The van der Waals surface area contributed by atoms with Gasteiger partial charge in [0.05, 0.1) is 62.4 Å². The Bertz CT molecular complexity index is 2030. The Kier molecular flexibility index (Phi) is 17.3. The molecule has 59 heavy (non-hydrogen) atoms. The predicted octanol–water partition coefficient (Wildman–Crippen LogP) is 10.3. The summed E-state index contributed by atoms with van der Waals surface area (Å²) in [5.41, 5.74) is 10.8. The first-order valence-electron chi connectivity index (χ1n) is 19.2. The second-order valence-corrected chi connectivity index (χ2v) is 12.5. The van der Waals surface area contributed by atoms with Crippen molar-refractivity contribution >= 4 is 34.4 Å². The molecule has 300 valence electrons. The molecule has 0 bridgehead atoms. The zero-order valence-corrected chi connectivity index (χ0v) is 32.5. The molecule has 0 radical (unpaired) electrons. The van der Waals surface area contributed by atoms with Crippen molar-refractivity contribution in [1.82, 2.24) is 0 Å². The van der Waals surface area contributed by atoms with Crippen molar-refractivity contribution in [1.29, 1.82) is 0 Å². The number of hydrazone groups is 2. The van der Waals surface area contributed by atoms with E-state index in [1.165, 1.54) is 0 Å². The highest BCUT2D eigenvalue weighted by Crippen LogP contribution is 2.19. The molecule has 0 atom stereocenters. The number of anilines is 2. The molecule has 0 aliphatic rings. The van der Waals surface area contributed by atoms with Crippen LogP contribution in [0.15, 0.2) is 201 Å². The SMILES string of the molecule is c1ccc(N=NC(=NNc2ccccc2)c2ccc(OCCOCCOCCOCCOc3ccc(C(N=Nc4ccccc4)=NNc4ccccc4)cc3)cc2)cc1. The van der Waals surface area contributed by atoms with Gasteiger partial charge < -0.3 is 23.7 Å². The molecule has 6 aromatic rings. The summed E-state index contributed by atoms with van der Waals surface area (Å²) in [6, 6.07) is 53.4. The third kappa shape index (κ3) is 15.4. The minimum absolute atomic E-state index is 0.398. The fourth-order valence-electron chi connectivity index (χ4n) is 5.13. The van der Waals surface area contributed by atoms with Crippen LogP contribution in [0.5, 0.6) is 11.5 Å². The molecule has 13 heteroatoms. The molecule has 2 N–H and O–H groups in total. The molecule has 0 saturated heterocycles. The van der Waals surface area contributed by atoms with Gasteiger partial charge in [0.2, 0.25) is 11.7 Å². The average Bonchev–Trinajstić information content (AvgIpc) is 3.30. The molecule has 0 amide bonds. The van der Waals surface area contributed by atoms with E-state index in [2.05, 4.69) is 41.5 Å². The summed E-state index contributed by atoms with van der Waals surface area (Å²) in [6.45, 7) is 3.45. The van der Waals surface area contributed by atoms with Crippen molar-refractivity contribution in [3.8, 4) is 11.5 Å². The van der Waals surface area contributed by atoms with Gasteiger partial charge in [-0.25, -0.2) is 0 Å². The lowest BCUT2D eigenvalue weighted by atomic mass is 10.2. The second-order valence-electron chi connectivity index (χ2n) is 12.5. The number of para-hydroxylation sites is 2. The molecular formula is C46H46N8O5. The summed E-state index contributed by atoms with van der Waals surface area (Å²) in [6.07, 6.45) is 0. The zero-order valence-electron chi connectivity index (χ0n) is 32.5. The maximum atomic E-state index is 5.86. The van der Waals surface area contributed by atoms with Gasteiger partial charge in [0.15, 0.2) is 0 Å². The van der Waals surface area contributed by atoms with Crippen LogP contribution in [-0.2, 0) is 14.2 Å². The first-order valence-corrected chi connectivity index (χ1v) is 19.2. The zero-order chi connectivity index (χ0) is 40.4. The Balaban J connectivity index is 0.826. The van der Waals surface area contributed by atoms with Crippen LogP contribution in [0.4, 0.5) is 22.7 Å². The first-order chi connectivity index (χ1) is 29.3. The van der Waals surface area contributed by atoms with Gasteiger partial charge in [-0.1, -0.05) is 72.8 Å². The minimum Gasteiger partial charge on any atom is -0.491 e. The van der Waals surface area contributed by atoms with Gasteiger partial charge in [-0.2, -0.15) is 10.2 Å². The van der Waals surface area contributed by atoms with E-state index in [9.17, 15) is 0 Å². The van der Waals surface area contributed by atoms with Crippen LogP contribution in [0, 0.1) is 0 Å². The predicted molar refractivity (Wildman–Crippen MR) is 231 cm³/mol. The summed E-state index contributed by atoms with van der Waals surface area (Å²) < 4.78 is 28.7. The van der Waals surface area contributed by atoms with E-state index in [1.54, 1.807) is 0 Å². The van der Waals surface area contributed by atoms with Crippen molar-refractivity contribution in [3.63, 3.8) is 0 Å². The highest BCUT2D eigenvalue weighted by molar-refractivity contribution is 6.00. The molecule has 0 heterocycles. The lowest BCUT2D eigenvalue weighted by molar-refractivity contribution is 0.00499. The van der Waals surface area contributed by atoms with Crippen molar-refractivity contribution in [2.75, 3.05) is 63.7 Å². The average molecular weight is 791 g/mol. The van der Waals surface area contributed by atoms with Crippen LogP contribution < -0.4 is 20.3 Å². The highest BCUT2D eigenvalue weighted by atomic mass is 16.6. The van der Waals surface area contributed by atoms with Gasteiger partial charge in [0, 0.05) is 11.1 Å². The van der Waals surface area contributed by atoms with E-state index in [1.807, 2.05) is 170 Å². The Hall–Kier alpha value is -7.06. The van der Waals surface area contributed by atoms with Crippen molar-refractivity contribution in [3.05, 3.63) is 181 Å². The van der Waals surface area contributed by atoms with Gasteiger partial charge in [0.1, 0.15) is 24.7 Å². The van der Waals surface area contributed by atoms with Crippen LogP contribution >= 0.6 is 0 Å². The molecule has 0 aromatic heterocycles. The van der Waals surface area contributed by atoms with Crippen LogP contribution in [0.3, 0.4) is 0 Å². The molecule has 0 aliphatic carbocycles. The minimum atomic E-state index is 0.398. The molecule has 13 nitrogen and oxygen atoms in total. The summed E-state index contributed by atoms with van der Waals surface area (Å²) in [4.78, 5) is 0. The number of amidine groups is 2. The second kappa shape index (κ2) is 24.5. The summed E-state index contributed by atoms with van der Waals surface area (Å²) >= 11 is 0. The van der Waals surface area contributed by atoms with E-state index >= 15 is 0 Å². The first kappa shape index (κ1) is 41.6. The molecule has 0 aliphatic heterocycles. The number of rotatable bonds is 22. The van der Waals surface area contributed by atoms with E-state index in [0.29, 0.717) is 76.0 Å². The van der Waals surface area contributed by atoms with E-state index in [-0.39, 0.29) is 0 Å². The Morgan fingerprint density at radius 3 is 1.03 bits per heavy atom. The Labute approximate surface area is 344 Å². The lowest BCUT2D eigenvalue weighted by Crippen LogP contribution is -2.14. The van der Waals surface area contributed by atoms with Gasteiger partial charge in [-0.3, -0.25) is 10.9 Å². The van der Waals surface area contributed by atoms with Crippen molar-refractivity contribution in [2.24, 2.45) is 30.7 Å². The number of azo groups is 2. The molecule has 0 fully saturated rings. The van der Waals surface area contributed by atoms with Crippen LogP contribution in [0.25, 0.3) is 0 Å². The third-order valence-electron chi connectivity index (χ3n) is 8.12. The number of nitrogens with zero attached hydrogens (tertiary/aromatic N) is 6. The fraction of sp³-hybridized carbons (Fsp3) is 0.174. The molecule has 0 unspecified atom stereocenters. The van der Waals surface area contributed by atoms with Crippen LogP contribution in [0.2, 0.25) is 0 Å². The number of hydrogen-bond donors (Lipinski definition) is 2. The molecule has 6 aromatic carbocycles. The van der Waals surface area contributed by atoms with Gasteiger partial charge in [-0.05, 0) is 97.1 Å². The number of nitrogens with one attached hydrogen (secondary N) is 2. The topological polar surface area (TPSA) is 144 Å². The van der Waals surface area contributed by atoms with Crippen LogP contribution in [0.1, 0.15) is 11.1 Å². The van der Waals surface area contributed by atoms with Crippen molar-refractivity contribution in [2.45, 2.75) is 0 Å². The standard InChI is InChI=1S/C46H46N8O5/c1-5-13-39(14-6-1)47-51-45(52-48-40-15-7-2-8-16-40)37-21-25-43(26-22-37)58-35-33-56-31-29-55-30-32-57-34-36-59-44-27-23-38(24-28-44)46(53-49-41-17-9-3-10-18-41)54-50-42-19-11-4-12-20-42/h1-28,47,49H,29-36H2. The largest absolute Gasteiger partial charge is 0.491 e. The highest BCUT2D eigenvalue weighted by Gasteiger charge is 2.07. The fourth-order valence-corrected chi connectivity index (χ4v) is 5.13. The summed E-state index contributed by atoms with van der Waals surface area (Å²) in [5, 5.41) is 26.5. The Morgan fingerprint density at radius 2 is 0.678 bits per heavy atom. The maximum Gasteiger partial charge on any atom is 0.201 e. The summed E-state index contributed by atoms with van der Waals surface area (Å²) in [5.74, 6) is 2.29. The van der Waals surface area contributed by atoms with Gasteiger partial charge >= 0.3 is 0 Å². The lowest BCUT2D eigenvalue weighted by Gasteiger charge is -2.10. The molecule has 0 spiro atoms. The normalized spacial score (nSPS) is 11.9. The summed E-state index contributed by atoms with van der Waals surface area (Å²) in [7, 11) is 0.